The van der Waals surface area contributed by atoms with E-state index in [1.807, 2.05) is 9.80 Å². The molecule has 0 unspecified atom stereocenters. The van der Waals surface area contributed by atoms with Crippen LogP contribution in [0.5, 0.6) is 0 Å². The van der Waals surface area contributed by atoms with E-state index in [1.54, 1.807) is 6.20 Å². The summed E-state index contributed by atoms with van der Waals surface area (Å²) in [4.78, 5) is 40.0. The molecule has 0 radical (unpaired) electrons. The second-order valence-electron chi connectivity index (χ2n) is 7.45. The highest BCUT2D eigenvalue weighted by Gasteiger charge is 2.34. The van der Waals surface area contributed by atoms with Crippen molar-refractivity contribution in [2.45, 2.75) is 10.9 Å². The Morgan fingerprint density at radius 3 is 2.53 bits per heavy atom. The molecule has 34 heavy (non-hydrogen) atoms. The molecule has 0 spiro atoms. The van der Waals surface area contributed by atoms with Gasteiger partial charge >= 0.3 is 6.09 Å². The van der Waals surface area contributed by atoms with Crippen LogP contribution in [0, 0.1) is 5.82 Å². The summed E-state index contributed by atoms with van der Waals surface area (Å²) in [5.41, 5.74) is 0.255. The van der Waals surface area contributed by atoms with Gasteiger partial charge in [-0.1, -0.05) is 23.2 Å². The van der Waals surface area contributed by atoms with Crippen molar-refractivity contribution in [2.75, 3.05) is 54.0 Å². The monoisotopic (exact) mass is 595 g/mol. The Labute approximate surface area is 217 Å². The average molecular weight is 598 g/mol. The van der Waals surface area contributed by atoms with E-state index in [1.165, 1.54) is 17.2 Å². The first-order valence-electron chi connectivity index (χ1n) is 10.1. The number of nitrogens with zero attached hydrogens (tertiary/aromatic N) is 6. The van der Waals surface area contributed by atoms with Crippen LogP contribution in [0.15, 0.2) is 22.9 Å². The molecule has 0 saturated carbocycles. The van der Waals surface area contributed by atoms with Gasteiger partial charge in [-0.25, -0.2) is 19.2 Å². The van der Waals surface area contributed by atoms with Gasteiger partial charge in [0, 0.05) is 38.4 Å². The van der Waals surface area contributed by atoms with Crippen LogP contribution in [0.25, 0.3) is 0 Å². The van der Waals surface area contributed by atoms with Crippen molar-refractivity contribution in [1.29, 1.82) is 0 Å². The largest absolute Gasteiger partial charge is 0.442 e. The second-order valence-corrected chi connectivity index (χ2v) is 9.73. The SMILES string of the molecule is O=C(NC[C@H]1CN(c2cnc(N3CCN(c4nc(Cl)ncc4Br)CC3)c(F)c2)C(=O)O1)C(Cl)Cl. The number of aromatic nitrogens is 3. The van der Waals surface area contributed by atoms with Gasteiger partial charge in [0.15, 0.2) is 16.5 Å². The van der Waals surface area contributed by atoms with Crippen LogP contribution in [0.4, 0.5) is 26.5 Å². The van der Waals surface area contributed by atoms with Crippen LogP contribution in [-0.4, -0.2) is 77.2 Å². The summed E-state index contributed by atoms with van der Waals surface area (Å²) in [5.74, 6) is -0.289. The molecule has 2 aromatic rings. The Balaban J connectivity index is 1.38. The normalized spacial score (nSPS) is 18.5. The molecule has 0 aromatic carbocycles. The molecule has 182 valence electrons. The fourth-order valence-corrected chi connectivity index (χ4v) is 4.35. The Bertz CT molecular complexity index is 1090. The molecule has 2 amide bonds. The number of anilines is 3. The number of hydrogen-bond acceptors (Lipinski definition) is 8. The highest BCUT2D eigenvalue weighted by atomic mass is 79.9. The van der Waals surface area contributed by atoms with Gasteiger partial charge in [-0.2, -0.15) is 4.98 Å². The van der Waals surface area contributed by atoms with Gasteiger partial charge in [-0.15, -0.1) is 0 Å². The molecule has 1 atom stereocenters. The van der Waals surface area contributed by atoms with Crippen molar-refractivity contribution in [3.05, 3.63) is 34.0 Å². The van der Waals surface area contributed by atoms with Gasteiger partial charge in [0.2, 0.25) is 5.28 Å². The van der Waals surface area contributed by atoms with E-state index in [4.69, 9.17) is 39.5 Å². The number of carbonyl (C=O) groups excluding carboxylic acids is 2. The van der Waals surface area contributed by atoms with Gasteiger partial charge in [0.05, 0.1) is 29.4 Å². The molecule has 0 aliphatic carbocycles. The van der Waals surface area contributed by atoms with Gasteiger partial charge in [0.25, 0.3) is 5.91 Å². The maximum absolute atomic E-state index is 15.0. The molecule has 2 aliphatic rings. The third-order valence-corrected chi connectivity index (χ3v) is 6.41. The number of rotatable bonds is 6. The number of carbonyl (C=O) groups is 2. The number of amides is 2. The van der Waals surface area contributed by atoms with Crippen LogP contribution in [-0.2, 0) is 9.53 Å². The zero-order valence-electron chi connectivity index (χ0n) is 17.4. The van der Waals surface area contributed by atoms with E-state index in [0.29, 0.717) is 32.0 Å². The number of ether oxygens (including phenoxy) is 1. The van der Waals surface area contributed by atoms with Crippen LogP contribution in [0.2, 0.25) is 5.28 Å². The highest BCUT2D eigenvalue weighted by molar-refractivity contribution is 9.10. The summed E-state index contributed by atoms with van der Waals surface area (Å²) in [6.45, 7) is 2.31. The number of nitrogens with one attached hydrogen (secondary N) is 1. The number of pyridine rings is 1. The van der Waals surface area contributed by atoms with Crippen molar-refractivity contribution in [3.63, 3.8) is 0 Å². The minimum atomic E-state index is -1.22. The first-order valence-corrected chi connectivity index (χ1v) is 12.1. The van der Waals surface area contributed by atoms with E-state index in [0.717, 1.165) is 4.47 Å². The third kappa shape index (κ3) is 5.56. The molecule has 4 heterocycles. The quantitative estimate of drug-likeness (QED) is 0.401. The van der Waals surface area contributed by atoms with Crippen molar-refractivity contribution in [1.82, 2.24) is 20.3 Å². The summed E-state index contributed by atoms with van der Waals surface area (Å²) in [6, 6.07) is 1.24. The fourth-order valence-electron chi connectivity index (χ4n) is 3.62. The van der Waals surface area contributed by atoms with Crippen molar-refractivity contribution >= 4 is 80.1 Å². The van der Waals surface area contributed by atoms with Crippen molar-refractivity contribution < 1.29 is 18.7 Å². The lowest BCUT2D eigenvalue weighted by molar-refractivity contribution is -0.119. The van der Waals surface area contributed by atoms with Gasteiger partial charge in [-0.05, 0) is 27.5 Å². The molecule has 15 heteroatoms. The number of piperazine rings is 1. The minimum absolute atomic E-state index is 0.0307. The van der Waals surface area contributed by atoms with Crippen LogP contribution in [0.3, 0.4) is 0 Å². The van der Waals surface area contributed by atoms with Crippen LogP contribution in [0.1, 0.15) is 0 Å². The third-order valence-electron chi connectivity index (χ3n) is 5.27. The van der Waals surface area contributed by atoms with Crippen molar-refractivity contribution in [3.8, 4) is 0 Å². The number of hydrogen-bond donors (Lipinski definition) is 1. The van der Waals surface area contributed by atoms with Crippen LogP contribution < -0.4 is 20.0 Å². The lowest BCUT2D eigenvalue weighted by atomic mass is 10.2. The molecule has 1 N–H and O–H groups in total. The summed E-state index contributed by atoms with van der Waals surface area (Å²) < 4.78 is 20.9. The predicted molar refractivity (Wildman–Crippen MR) is 129 cm³/mol. The molecular weight excluding hydrogens is 580 g/mol. The molecule has 10 nitrogen and oxygen atoms in total. The first kappa shape index (κ1) is 25.0. The highest BCUT2D eigenvalue weighted by Crippen LogP contribution is 2.29. The molecular formula is C19H18BrCl3FN7O3. The number of cyclic esters (lactones) is 1. The van der Waals surface area contributed by atoms with E-state index in [9.17, 15) is 14.0 Å². The maximum atomic E-state index is 15.0. The minimum Gasteiger partial charge on any atom is -0.442 e. The van der Waals surface area contributed by atoms with E-state index in [2.05, 4.69) is 36.2 Å². The summed E-state index contributed by atoms with van der Waals surface area (Å²) in [6.07, 6.45) is 1.71. The predicted octanol–water partition coefficient (Wildman–Crippen LogP) is 3.00. The first-order chi connectivity index (χ1) is 16.2. The molecule has 2 aromatic heterocycles. The van der Waals surface area contributed by atoms with E-state index >= 15 is 0 Å². The Hall–Kier alpha value is -2.15. The Morgan fingerprint density at radius 2 is 1.88 bits per heavy atom. The number of halogens is 5. The van der Waals surface area contributed by atoms with E-state index < -0.39 is 28.8 Å². The zero-order valence-corrected chi connectivity index (χ0v) is 21.3. The topological polar surface area (TPSA) is 104 Å². The lowest BCUT2D eigenvalue weighted by Gasteiger charge is -2.36. The second kappa shape index (κ2) is 10.6. The average Bonchev–Trinajstić information content (AvgIpc) is 3.19. The Kier molecular flexibility index (Phi) is 7.80. The summed E-state index contributed by atoms with van der Waals surface area (Å²) >= 11 is 20.3. The fraction of sp³-hybridized carbons (Fsp3) is 0.421. The smallest absolute Gasteiger partial charge is 0.414 e. The van der Waals surface area contributed by atoms with E-state index in [-0.39, 0.29) is 29.9 Å². The van der Waals surface area contributed by atoms with Gasteiger partial charge in [-0.3, -0.25) is 9.69 Å². The zero-order chi connectivity index (χ0) is 24.4. The Morgan fingerprint density at radius 1 is 1.21 bits per heavy atom. The molecule has 4 rings (SSSR count). The van der Waals surface area contributed by atoms with Gasteiger partial charge < -0.3 is 19.9 Å². The maximum Gasteiger partial charge on any atom is 0.414 e. The molecule has 2 aliphatic heterocycles. The van der Waals surface area contributed by atoms with Crippen LogP contribution >= 0.6 is 50.7 Å². The van der Waals surface area contributed by atoms with Crippen molar-refractivity contribution in [2.24, 2.45) is 0 Å². The molecule has 2 fully saturated rings. The molecule has 0 bridgehead atoms. The summed E-state index contributed by atoms with van der Waals surface area (Å²) in [5, 5.41) is 2.63. The van der Waals surface area contributed by atoms with Gasteiger partial charge in [0.1, 0.15) is 11.9 Å². The molecule has 2 saturated heterocycles. The summed E-state index contributed by atoms with van der Waals surface area (Å²) in [7, 11) is 0. The lowest BCUT2D eigenvalue weighted by Crippen LogP contribution is -2.47. The standard InChI is InChI=1S/C19H18BrCl3FN7O3/c20-12-8-27-18(23)28-15(12)29-1-3-30(4-2-29)16-13(24)5-10(6-25-16)31-9-11(34-19(31)33)7-26-17(32)14(21)22/h5-6,8,11,14H,1-4,7,9H2,(H,26,32)/t11-/m0/s1. The number of alkyl halides is 2.